The summed E-state index contributed by atoms with van der Waals surface area (Å²) < 4.78 is 50.1. The number of carboxylic acids is 1. The lowest BCUT2D eigenvalue weighted by molar-refractivity contribution is -0.164. The lowest BCUT2D eigenvalue weighted by Crippen LogP contribution is -2.26. The average molecular weight is 477 g/mol. The Morgan fingerprint density at radius 1 is 0.969 bits per heavy atom. The number of nitrogens with zero attached hydrogens (tertiary/aromatic N) is 1. The molecule has 0 heterocycles. The first-order valence-electron chi connectivity index (χ1n) is 8.77. The van der Waals surface area contributed by atoms with Gasteiger partial charge in [0.2, 0.25) is 0 Å². The number of nitrogen functional groups attached to an aromatic ring is 1. The van der Waals surface area contributed by atoms with Gasteiger partial charge in [-0.25, -0.2) is 9.79 Å². The molecule has 0 aliphatic carbocycles. The zero-order valence-corrected chi connectivity index (χ0v) is 17.3. The van der Waals surface area contributed by atoms with Gasteiger partial charge in [0, 0.05) is 20.0 Å². The lowest BCUT2D eigenvalue weighted by Gasteiger charge is -2.11. The number of aliphatic carboxylic acids is 1. The summed E-state index contributed by atoms with van der Waals surface area (Å²) in [5, 5.41) is 7.06. The van der Waals surface area contributed by atoms with E-state index in [1.165, 1.54) is 0 Å². The summed E-state index contributed by atoms with van der Waals surface area (Å²) in [6.45, 7) is 6.23. The van der Waals surface area contributed by atoms with Gasteiger partial charge in [-0.2, -0.15) is 17.6 Å². The zero-order valence-electron chi connectivity index (χ0n) is 16.5. The number of halogens is 5. The average Bonchev–Trinajstić information content (AvgIpc) is 2.70. The molecular weight excluding hydrogens is 448 g/mol. The van der Waals surface area contributed by atoms with Crippen molar-refractivity contribution in [2.45, 2.75) is 32.1 Å². The summed E-state index contributed by atoms with van der Waals surface area (Å²) in [5.41, 5.74) is 6.59. The van der Waals surface area contributed by atoms with Crippen molar-refractivity contribution in [2.24, 2.45) is 4.99 Å². The third-order valence-corrected chi connectivity index (χ3v) is 3.56. The van der Waals surface area contributed by atoms with Crippen molar-refractivity contribution in [1.82, 2.24) is 0 Å². The molecule has 0 radical (unpaired) electrons. The molecule has 0 amide bonds. The van der Waals surface area contributed by atoms with E-state index in [1.54, 1.807) is 30.3 Å². The van der Waals surface area contributed by atoms with Crippen molar-refractivity contribution in [1.29, 1.82) is 0 Å². The number of rotatable bonds is 7. The van der Waals surface area contributed by atoms with E-state index in [0.29, 0.717) is 5.69 Å². The van der Waals surface area contributed by atoms with Gasteiger partial charge >= 0.3 is 17.8 Å². The monoisotopic (exact) mass is 476 g/mol. The molecule has 0 saturated heterocycles. The maximum Gasteiger partial charge on any atom is 0.374 e. The molecule has 0 unspecified atom stereocenters. The standard InChI is InChI=1S/C11H10ClF2N.C6H7N.C5H6F2O2.CH4.H2/c1-2-8-11(13,14)10(12)15-9-6-4-3-5-7-9;7-6-4-2-1-3-5-6;1-2-3-5(6,7)4(8)9;;/h2-7H,1,8H2;1-5H,7H2;2H,1,3H2,(H,8,9);1H4;1H. The molecule has 2 rings (SSSR count). The van der Waals surface area contributed by atoms with Crippen LogP contribution in [0, 0.1) is 0 Å². The van der Waals surface area contributed by atoms with Crippen LogP contribution in [0.4, 0.5) is 28.9 Å². The van der Waals surface area contributed by atoms with E-state index in [0.717, 1.165) is 17.8 Å². The molecule has 9 heteroatoms. The number of alkyl halides is 4. The molecule has 4 nitrogen and oxygen atoms in total. The van der Waals surface area contributed by atoms with Gasteiger partial charge in [-0.15, -0.1) is 13.2 Å². The fourth-order valence-electron chi connectivity index (χ4n) is 1.68. The van der Waals surface area contributed by atoms with E-state index in [-0.39, 0.29) is 8.85 Å². The number of para-hydroxylation sites is 2. The van der Waals surface area contributed by atoms with Gasteiger partial charge in [0.1, 0.15) is 0 Å². The molecule has 0 aromatic heterocycles. The minimum atomic E-state index is -3.65. The van der Waals surface area contributed by atoms with Gasteiger partial charge in [-0.3, -0.25) is 0 Å². The Morgan fingerprint density at radius 2 is 1.38 bits per heavy atom. The number of hydrogen-bond acceptors (Lipinski definition) is 3. The van der Waals surface area contributed by atoms with Crippen LogP contribution in [0.1, 0.15) is 21.7 Å². The van der Waals surface area contributed by atoms with E-state index >= 15 is 0 Å². The van der Waals surface area contributed by atoms with Crippen LogP contribution in [0.3, 0.4) is 0 Å². The van der Waals surface area contributed by atoms with Crippen LogP contribution in [-0.2, 0) is 4.79 Å². The summed E-state index contributed by atoms with van der Waals surface area (Å²) in [4.78, 5) is 13.2. The Kier molecular flexibility index (Phi) is 15.2. The minimum absolute atomic E-state index is 0. The summed E-state index contributed by atoms with van der Waals surface area (Å²) >= 11 is 5.44. The molecule has 178 valence electrons. The summed E-state index contributed by atoms with van der Waals surface area (Å²) in [7, 11) is 0. The first-order chi connectivity index (χ1) is 14.5. The molecule has 0 fully saturated rings. The van der Waals surface area contributed by atoms with Crippen LogP contribution in [0.25, 0.3) is 0 Å². The Morgan fingerprint density at radius 3 is 1.69 bits per heavy atom. The number of carboxylic acid groups (broad SMARTS) is 1. The van der Waals surface area contributed by atoms with E-state index in [9.17, 15) is 22.4 Å². The van der Waals surface area contributed by atoms with Gasteiger partial charge in [0.25, 0.3) is 0 Å². The second-order valence-electron chi connectivity index (χ2n) is 5.85. The second kappa shape index (κ2) is 15.6. The fourth-order valence-corrected chi connectivity index (χ4v) is 1.86. The highest BCUT2D eigenvalue weighted by molar-refractivity contribution is 6.67. The minimum Gasteiger partial charge on any atom is -0.477 e. The smallest absolute Gasteiger partial charge is 0.374 e. The normalized spacial score (nSPS) is 10.8. The second-order valence-corrected chi connectivity index (χ2v) is 6.21. The molecule has 0 atom stereocenters. The summed E-state index contributed by atoms with van der Waals surface area (Å²) in [6.07, 6.45) is 0.654. The van der Waals surface area contributed by atoms with Crippen LogP contribution in [0.2, 0.25) is 0 Å². The highest BCUT2D eigenvalue weighted by atomic mass is 35.5. The van der Waals surface area contributed by atoms with Crippen molar-refractivity contribution in [2.75, 3.05) is 5.73 Å². The lowest BCUT2D eigenvalue weighted by atomic mass is 10.2. The van der Waals surface area contributed by atoms with Gasteiger partial charge < -0.3 is 10.8 Å². The maximum absolute atomic E-state index is 13.2. The molecule has 0 aliphatic heterocycles. The van der Waals surface area contributed by atoms with Gasteiger partial charge in [-0.05, 0) is 24.3 Å². The van der Waals surface area contributed by atoms with Crippen LogP contribution >= 0.6 is 11.6 Å². The molecule has 3 N–H and O–H groups in total. The molecule has 0 aliphatic rings. The molecule has 2 aromatic carbocycles. The van der Waals surface area contributed by atoms with E-state index in [1.807, 2.05) is 30.3 Å². The van der Waals surface area contributed by atoms with Crippen LogP contribution in [0.5, 0.6) is 0 Å². The van der Waals surface area contributed by atoms with Gasteiger partial charge in [-0.1, -0.05) is 67.6 Å². The number of allylic oxidation sites excluding steroid dienone is 2. The SMILES string of the molecule is C.C=CCC(F)(F)C(=O)O.C=CCC(F)(F)C(Cl)=Nc1ccccc1.Nc1ccccc1.[HH]. The van der Waals surface area contributed by atoms with Crippen LogP contribution in [0.15, 0.2) is 91.0 Å². The van der Waals surface area contributed by atoms with E-state index in [2.05, 4.69) is 18.2 Å². The van der Waals surface area contributed by atoms with Crippen molar-refractivity contribution < 1.29 is 28.9 Å². The van der Waals surface area contributed by atoms with Crippen LogP contribution < -0.4 is 5.73 Å². The van der Waals surface area contributed by atoms with Crippen molar-refractivity contribution >= 4 is 34.1 Å². The summed E-state index contributed by atoms with van der Waals surface area (Å²) in [6, 6.07) is 17.9. The Labute approximate surface area is 192 Å². The fraction of sp³-hybridized carbons (Fsp3) is 0.217. The highest BCUT2D eigenvalue weighted by Gasteiger charge is 2.36. The number of nitrogens with two attached hydrogens (primary N) is 1. The number of aliphatic imine (C=N–C) groups is 1. The molecule has 2 aromatic rings. The number of carbonyl (C=O) groups is 1. The molecule has 0 bridgehead atoms. The topological polar surface area (TPSA) is 75.7 Å². The first kappa shape index (κ1) is 31.1. The predicted molar refractivity (Wildman–Crippen MR) is 126 cm³/mol. The summed E-state index contributed by atoms with van der Waals surface area (Å²) in [5.74, 6) is -8.90. The van der Waals surface area contributed by atoms with Crippen LogP contribution in [-0.4, -0.2) is 28.1 Å². The first-order valence-corrected chi connectivity index (χ1v) is 9.15. The van der Waals surface area contributed by atoms with Gasteiger partial charge in [0.15, 0.2) is 5.17 Å². The highest BCUT2D eigenvalue weighted by Crippen LogP contribution is 2.26. The maximum atomic E-state index is 13.2. The Hall–Kier alpha value is -3.13. The van der Waals surface area contributed by atoms with E-state index in [4.69, 9.17) is 22.4 Å². The van der Waals surface area contributed by atoms with E-state index < -0.39 is 35.8 Å². The molecule has 0 spiro atoms. The molecular formula is C23H29ClF4N2O2. The molecule has 0 saturated carbocycles. The van der Waals surface area contributed by atoms with Gasteiger partial charge in [0.05, 0.1) is 5.69 Å². The third-order valence-electron chi connectivity index (χ3n) is 3.20. The Balaban J connectivity index is -0.000000431. The number of benzene rings is 2. The van der Waals surface area contributed by atoms with Crippen molar-refractivity contribution in [3.63, 3.8) is 0 Å². The van der Waals surface area contributed by atoms with Crippen molar-refractivity contribution in [3.05, 3.63) is 86.0 Å². The number of hydrogen-bond donors (Lipinski definition) is 2. The largest absolute Gasteiger partial charge is 0.477 e. The quantitative estimate of drug-likeness (QED) is 0.187. The molecule has 32 heavy (non-hydrogen) atoms. The predicted octanol–water partition coefficient (Wildman–Crippen LogP) is 7.60. The zero-order chi connectivity index (χ0) is 23.9. The van der Waals surface area contributed by atoms with Crippen molar-refractivity contribution in [3.8, 4) is 0 Å². The number of anilines is 1. The third kappa shape index (κ3) is 13.2. The Bertz CT molecular complexity index is 852.